The summed E-state index contributed by atoms with van der Waals surface area (Å²) in [4.78, 5) is 19.1. The van der Waals surface area contributed by atoms with Crippen LogP contribution in [0.15, 0.2) is 109 Å². The Bertz CT molecular complexity index is 1220. The molecular weight excluding hydrogens is 470 g/mol. The van der Waals surface area contributed by atoms with Crippen LogP contribution in [0, 0.1) is 0 Å². The Hall–Kier alpha value is -3.89. The third-order valence-corrected chi connectivity index (χ3v) is 6.48. The zero-order chi connectivity index (χ0) is 26.4. The van der Waals surface area contributed by atoms with E-state index in [0.29, 0.717) is 32.6 Å². The number of rotatable bonds is 14. The molecule has 0 unspecified atom stereocenters. The van der Waals surface area contributed by atoms with Crippen molar-refractivity contribution in [2.75, 3.05) is 0 Å². The highest BCUT2D eigenvalue weighted by atomic mass is 16.7. The van der Waals surface area contributed by atoms with Crippen LogP contribution in [0.4, 0.5) is 0 Å². The number of amides is 1. The van der Waals surface area contributed by atoms with Crippen molar-refractivity contribution in [3.05, 3.63) is 137 Å². The summed E-state index contributed by atoms with van der Waals surface area (Å²) in [6, 6.07) is 36.5. The molecule has 0 bridgehead atoms. The van der Waals surface area contributed by atoms with Crippen molar-refractivity contribution in [1.82, 2.24) is 5.06 Å². The van der Waals surface area contributed by atoms with Crippen LogP contribution in [0.2, 0.25) is 0 Å². The van der Waals surface area contributed by atoms with Crippen LogP contribution in [-0.2, 0) is 42.2 Å². The highest BCUT2D eigenvalue weighted by Crippen LogP contribution is 2.18. The van der Waals surface area contributed by atoms with E-state index in [1.54, 1.807) is 0 Å². The van der Waals surface area contributed by atoms with Crippen molar-refractivity contribution >= 4 is 5.91 Å². The van der Waals surface area contributed by atoms with Gasteiger partial charge < -0.3 is 4.74 Å². The number of ether oxygens (including phenoxy) is 1. The molecule has 0 saturated heterocycles. The first-order valence-electron chi connectivity index (χ1n) is 13.5. The molecule has 1 amide bonds. The minimum Gasteiger partial charge on any atom is -0.489 e. The molecular formula is C34H37NO3. The molecule has 0 N–H and O–H groups in total. The lowest BCUT2D eigenvalue weighted by atomic mass is 10.1. The van der Waals surface area contributed by atoms with Crippen molar-refractivity contribution < 1.29 is 14.4 Å². The Morgan fingerprint density at radius 1 is 0.632 bits per heavy atom. The summed E-state index contributed by atoms with van der Waals surface area (Å²) in [6.07, 6.45) is 4.61. The number of carbonyl (C=O) groups is 1. The van der Waals surface area contributed by atoms with Gasteiger partial charge in [-0.1, -0.05) is 110 Å². The predicted molar refractivity (Wildman–Crippen MR) is 152 cm³/mol. The average molecular weight is 508 g/mol. The molecule has 0 spiro atoms. The van der Waals surface area contributed by atoms with Crippen LogP contribution in [0.5, 0.6) is 5.75 Å². The highest BCUT2D eigenvalue weighted by Gasteiger charge is 2.16. The van der Waals surface area contributed by atoms with Crippen molar-refractivity contribution in [3.8, 4) is 5.75 Å². The maximum Gasteiger partial charge on any atom is 0.246 e. The van der Waals surface area contributed by atoms with E-state index in [-0.39, 0.29) is 5.91 Å². The fraction of sp³-hybridized carbons (Fsp3) is 0.265. The Kier molecular flexibility index (Phi) is 10.5. The molecule has 38 heavy (non-hydrogen) atoms. The van der Waals surface area contributed by atoms with Gasteiger partial charge in [0.2, 0.25) is 5.91 Å². The van der Waals surface area contributed by atoms with Crippen LogP contribution in [0.25, 0.3) is 0 Å². The van der Waals surface area contributed by atoms with Crippen LogP contribution in [0.1, 0.15) is 54.0 Å². The molecule has 4 nitrogen and oxygen atoms in total. The fourth-order valence-corrected chi connectivity index (χ4v) is 4.16. The third kappa shape index (κ3) is 8.89. The topological polar surface area (TPSA) is 38.8 Å². The maximum absolute atomic E-state index is 13.1. The number of unbranched alkanes of at least 4 members (excludes halogenated alkanes) is 1. The lowest BCUT2D eigenvalue weighted by Crippen LogP contribution is -2.31. The number of carbonyl (C=O) groups excluding carboxylic acids is 1. The molecule has 0 aliphatic rings. The number of aryl methyl sites for hydroxylation is 2. The molecule has 4 heteroatoms. The smallest absolute Gasteiger partial charge is 0.246 e. The van der Waals surface area contributed by atoms with E-state index in [0.717, 1.165) is 34.4 Å². The maximum atomic E-state index is 13.1. The van der Waals surface area contributed by atoms with Gasteiger partial charge in [-0.15, -0.1) is 0 Å². The van der Waals surface area contributed by atoms with Crippen molar-refractivity contribution in [2.45, 2.75) is 58.8 Å². The molecule has 4 rings (SSSR count). The summed E-state index contributed by atoms with van der Waals surface area (Å²) in [7, 11) is 0. The number of hydroxylamine groups is 2. The molecule has 4 aromatic rings. The molecule has 4 aromatic carbocycles. The summed E-state index contributed by atoms with van der Waals surface area (Å²) in [6.45, 7) is 3.46. The molecule has 0 atom stereocenters. The Balaban J connectivity index is 1.33. The first kappa shape index (κ1) is 27.2. The van der Waals surface area contributed by atoms with E-state index >= 15 is 0 Å². The highest BCUT2D eigenvalue weighted by molar-refractivity contribution is 5.75. The van der Waals surface area contributed by atoms with Gasteiger partial charge in [0.25, 0.3) is 0 Å². The zero-order valence-corrected chi connectivity index (χ0v) is 22.2. The second-order valence-corrected chi connectivity index (χ2v) is 9.53. The molecule has 0 radical (unpaired) electrons. The van der Waals surface area contributed by atoms with Crippen molar-refractivity contribution in [3.63, 3.8) is 0 Å². The van der Waals surface area contributed by atoms with Gasteiger partial charge in [-0.3, -0.25) is 9.63 Å². The predicted octanol–water partition coefficient (Wildman–Crippen LogP) is 7.70. The quantitative estimate of drug-likeness (QED) is 0.164. The van der Waals surface area contributed by atoms with Crippen LogP contribution < -0.4 is 4.74 Å². The monoisotopic (exact) mass is 507 g/mol. The van der Waals surface area contributed by atoms with Gasteiger partial charge in [-0.25, -0.2) is 5.06 Å². The molecule has 0 aromatic heterocycles. The second-order valence-electron chi connectivity index (χ2n) is 9.53. The summed E-state index contributed by atoms with van der Waals surface area (Å²) >= 11 is 0. The summed E-state index contributed by atoms with van der Waals surface area (Å²) in [5, 5.41) is 1.49. The van der Waals surface area contributed by atoms with E-state index < -0.39 is 0 Å². The number of nitrogens with zero attached hydrogens (tertiary/aromatic N) is 1. The van der Waals surface area contributed by atoms with Gasteiger partial charge in [0.15, 0.2) is 0 Å². The lowest BCUT2D eigenvalue weighted by Gasteiger charge is -2.22. The molecule has 0 heterocycles. The standard InChI is InChI=1S/C34H37NO3/c1-2-3-10-29-15-17-32(18-16-29)26-37-33-22-19-30(20-23-33)25-35(38-27-31-13-8-5-9-14-31)34(36)24-21-28-11-6-4-7-12-28/h4-9,11-20,22-23H,2-3,10,21,24-27H2,1H3. The molecule has 0 aliphatic heterocycles. The number of benzene rings is 4. The van der Waals surface area contributed by atoms with E-state index in [1.165, 1.54) is 23.5 Å². The van der Waals surface area contributed by atoms with Crippen LogP contribution in [0.3, 0.4) is 0 Å². The number of hydrogen-bond donors (Lipinski definition) is 0. The Morgan fingerprint density at radius 2 is 1.18 bits per heavy atom. The minimum absolute atomic E-state index is 0.0347. The van der Waals surface area contributed by atoms with Gasteiger partial charge in [0.05, 0.1) is 6.54 Å². The van der Waals surface area contributed by atoms with Crippen molar-refractivity contribution in [2.24, 2.45) is 0 Å². The number of hydrogen-bond acceptors (Lipinski definition) is 3. The van der Waals surface area contributed by atoms with Gasteiger partial charge >= 0.3 is 0 Å². The lowest BCUT2D eigenvalue weighted by molar-refractivity contribution is -0.195. The zero-order valence-electron chi connectivity index (χ0n) is 22.2. The average Bonchev–Trinajstić information content (AvgIpc) is 2.98. The minimum atomic E-state index is -0.0347. The summed E-state index contributed by atoms with van der Waals surface area (Å²) < 4.78 is 6.00. The molecule has 0 aliphatic carbocycles. The molecule has 0 saturated carbocycles. The first-order valence-corrected chi connectivity index (χ1v) is 13.5. The van der Waals surface area contributed by atoms with E-state index in [9.17, 15) is 4.79 Å². The van der Waals surface area contributed by atoms with Gasteiger partial charge in [-0.05, 0) is 59.2 Å². The van der Waals surface area contributed by atoms with Gasteiger partial charge in [0, 0.05) is 6.42 Å². The largest absolute Gasteiger partial charge is 0.489 e. The second kappa shape index (κ2) is 14.7. The van der Waals surface area contributed by atoms with Crippen molar-refractivity contribution in [1.29, 1.82) is 0 Å². The Morgan fingerprint density at radius 3 is 1.84 bits per heavy atom. The Labute approximate surface area is 226 Å². The normalized spacial score (nSPS) is 10.8. The SMILES string of the molecule is CCCCc1ccc(COc2ccc(CN(OCc3ccccc3)C(=O)CCc3ccccc3)cc2)cc1. The fourth-order valence-electron chi connectivity index (χ4n) is 4.16. The van der Waals surface area contributed by atoms with E-state index in [4.69, 9.17) is 9.57 Å². The first-order chi connectivity index (χ1) is 18.7. The molecule has 196 valence electrons. The third-order valence-electron chi connectivity index (χ3n) is 6.48. The summed E-state index contributed by atoms with van der Waals surface area (Å²) in [5.41, 5.74) is 5.67. The van der Waals surface area contributed by atoms with E-state index in [2.05, 4.69) is 31.2 Å². The van der Waals surface area contributed by atoms with E-state index in [1.807, 2.05) is 84.9 Å². The van der Waals surface area contributed by atoms with Crippen LogP contribution >= 0.6 is 0 Å². The molecule has 0 fully saturated rings. The van der Waals surface area contributed by atoms with Gasteiger partial charge in [0.1, 0.15) is 19.0 Å². The van der Waals surface area contributed by atoms with Crippen LogP contribution in [-0.4, -0.2) is 11.0 Å². The van der Waals surface area contributed by atoms with Gasteiger partial charge in [-0.2, -0.15) is 0 Å². The summed E-state index contributed by atoms with van der Waals surface area (Å²) in [5.74, 6) is 0.767.